The minimum absolute atomic E-state index is 0.0126. The Balaban J connectivity index is 2.20. The smallest absolute Gasteiger partial charge is 0.405 e. The third-order valence-electron chi connectivity index (χ3n) is 3.25. The Kier molecular flexibility index (Phi) is 4.17. The van der Waals surface area contributed by atoms with Gasteiger partial charge < -0.3 is 15.0 Å². The van der Waals surface area contributed by atoms with Crippen molar-refractivity contribution in [3.8, 4) is 5.75 Å². The Bertz CT molecular complexity index is 485. The van der Waals surface area contributed by atoms with E-state index in [1.54, 1.807) is 7.05 Å². The van der Waals surface area contributed by atoms with Gasteiger partial charge in [0, 0.05) is 19.6 Å². The Morgan fingerprint density at radius 3 is 2.70 bits per heavy atom. The number of hydrogen-bond acceptors (Lipinski definition) is 3. The molecule has 0 bridgehead atoms. The fourth-order valence-electron chi connectivity index (χ4n) is 2.18. The molecule has 1 aliphatic heterocycles. The third-order valence-corrected chi connectivity index (χ3v) is 3.25. The predicted molar refractivity (Wildman–Crippen MR) is 66.5 cm³/mol. The normalized spacial score (nSPS) is 18.9. The van der Waals surface area contributed by atoms with Gasteiger partial charge in [-0.3, -0.25) is 4.79 Å². The van der Waals surface area contributed by atoms with Crippen LogP contribution in [0.15, 0.2) is 24.3 Å². The second-order valence-electron chi connectivity index (χ2n) is 4.61. The van der Waals surface area contributed by atoms with E-state index in [-0.39, 0.29) is 11.6 Å². The van der Waals surface area contributed by atoms with Gasteiger partial charge in [-0.25, -0.2) is 0 Å². The lowest BCUT2D eigenvalue weighted by molar-refractivity contribution is -0.274. The van der Waals surface area contributed by atoms with Gasteiger partial charge in [0.05, 0.1) is 5.56 Å². The summed E-state index contributed by atoms with van der Waals surface area (Å²) < 4.78 is 40.9. The zero-order chi connectivity index (χ0) is 14.8. The Morgan fingerprint density at radius 1 is 1.40 bits per heavy atom. The number of carbonyl (C=O) groups is 1. The lowest BCUT2D eigenvalue weighted by Crippen LogP contribution is -2.38. The van der Waals surface area contributed by atoms with Gasteiger partial charge in [0.2, 0.25) is 0 Å². The molecule has 0 aromatic heterocycles. The Labute approximate surface area is 114 Å². The van der Waals surface area contributed by atoms with E-state index in [0.29, 0.717) is 6.54 Å². The first kappa shape index (κ1) is 14.6. The van der Waals surface area contributed by atoms with Gasteiger partial charge >= 0.3 is 6.36 Å². The fourth-order valence-corrected chi connectivity index (χ4v) is 2.18. The number of ether oxygens (including phenoxy) is 1. The SMILES string of the molecule is CN(C(=O)c1ccccc1OC(F)(F)F)[C@@H]1CCNC1. The highest BCUT2D eigenvalue weighted by molar-refractivity contribution is 5.97. The van der Waals surface area contributed by atoms with Crippen LogP contribution in [0.2, 0.25) is 0 Å². The summed E-state index contributed by atoms with van der Waals surface area (Å²) in [5, 5.41) is 3.11. The van der Waals surface area contributed by atoms with Crippen LogP contribution in [0.3, 0.4) is 0 Å². The Hall–Kier alpha value is -1.76. The highest BCUT2D eigenvalue weighted by Crippen LogP contribution is 2.27. The van der Waals surface area contributed by atoms with Gasteiger partial charge in [0.25, 0.3) is 5.91 Å². The lowest BCUT2D eigenvalue weighted by Gasteiger charge is -2.24. The van der Waals surface area contributed by atoms with Crippen LogP contribution in [-0.2, 0) is 0 Å². The number of nitrogens with zero attached hydrogens (tertiary/aromatic N) is 1. The van der Waals surface area contributed by atoms with Crippen molar-refractivity contribution in [1.29, 1.82) is 0 Å². The molecule has 7 heteroatoms. The number of alkyl halides is 3. The van der Waals surface area contributed by atoms with Crippen LogP contribution in [0.4, 0.5) is 13.2 Å². The number of benzene rings is 1. The second-order valence-corrected chi connectivity index (χ2v) is 4.61. The number of halogens is 3. The molecule has 0 spiro atoms. The monoisotopic (exact) mass is 288 g/mol. The summed E-state index contributed by atoms with van der Waals surface area (Å²) in [4.78, 5) is 13.7. The minimum Gasteiger partial charge on any atom is -0.405 e. The van der Waals surface area contributed by atoms with Crippen molar-refractivity contribution in [3.63, 3.8) is 0 Å². The minimum atomic E-state index is -4.82. The van der Waals surface area contributed by atoms with Crippen LogP contribution < -0.4 is 10.1 Å². The first-order valence-corrected chi connectivity index (χ1v) is 6.21. The quantitative estimate of drug-likeness (QED) is 0.925. The zero-order valence-corrected chi connectivity index (χ0v) is 10.9. The van der Waals surface area contributed by atoms with Crippen LogP contribution in [0, 0.1) is 0 Å². The average molecular weight is 288 g/mol. The molecule has 4 nitrogen and oxygen atoms in total. The number of hydrogen-bond donors (Lipinski definition) is 1. The number of likely N-dealkylation sites (N-methyl/N-ethyl adjacent to an activating group) is 1. The maximum absolute atomic E-state index is 12.3. The third kappa shape index (κ3) is 3.41. The fraction of sp³-hybridized carbons (Fsp3) is 0.462. The van der Waals surface area contributed by atoms with Crippen LogP contribution in [0.5, 0.6) is 5.75 Å². The van der Waals surface area contributed by atoms with Crippen molar-refractivity contribution in [3.05, 3.63) is 29.8 Å². The van der Waals surface area contributed by atoms with Crippen LogP contribution >= 0.6 is 0 Å². The van der Waals surface area contributed by atoms with Crippen LogP contribution in [0.1, 0.15) is 16.8 Å². The van der Waals surface area contributed by atoms with E-state index in [4.69, 9.17) is 0 Å². The van der Waals surface area contributed by atoms with Gasteiger partial charge in [-0.2, -0.15) is 0 Å². The van der Waals surface area contributed by atoms with E-state index in [1.165, 1.54) is 23.1 Å². The molecule has 110 valence electrons. The van der Waals surface area contributed by atoms with E-state index in [1.807, 2.05) is 0 Å². The predicted octanol–water partition coefficient (Wildman–Crippen LogP) is 2.02. The number of carbonyl (C=O) groups excluding carboxylic acids is 1. The number of nitrogens with one attached hydrogen (secondary N) is 1. The standard InChI is InChI=1S/C13H15F3N2O2/c1-18(9-6-7-17-8-9)12(19)10-4-2-3-5-11(10)20-13(14,15)16/h2-5,9,17H,6-8H2,1H3/t9-/m1/s1. The van der Waals surface area contributed by atoms with Crippen molar-refractivity contribution in [2.45, 2.75) is 18.8 Å². The van der Waals surface area contributed by atoms with Gasteiger partial charge in [-0.15, -0.1) is 13.2 Å². The van der Waals surface area contributed by atoms with Crippen molar-refractivity contribution in [1.82, 2.24) is 10.2 Å². The highest BCUT2D eigenvalue weighted by Gasteiger charge is 2.34. The molecule has 0 saturated carbocycles. The van der Waals surface area contributed by atoms with Crippen molar-refractivity contribution >= 4 is 5.91 Å². The van der Waals surface area contributed by atoms with Crippen molar-refractivity contribution in [2.24, 2.45) is 0 Å². The van der Waals surface area contributed by atoms with Gasteiger partial charge in [0.15, 0.2) is 0 Å². The number of rotatable bonds is 3. The van der Waals surface area contributed by atoms with Crippen molar-refractivity contribution < 1.29 is 22.7 Å². The molecule has 2 rings (SSSR count). The maximum Gasteiger partial charge on any atom is 0.573 e. The molecule has 20 heavy (non-hydrogen) atoms. The highest BCUT2D eigenvalue weighted by atomic mass is 19.4. The maximum atomic E-state index is 12.3. The van der Waals surface area contributed by atoms with Gasteiger partial charge in [0.1, 0.15) is 5.75 Å². The molecule has 1 aromatic carbocycles. The summed E-state index contributed by atoms with van der Waals surface area (Å²) in [5.41, 5.74) is -0.0841. The molecule has 1 aromatic rings. The summed E-state index contributed by atoms with van der Waals surface area (Å²) in [6.07, 6.45) is -4.03. The van der Waals surface area contributed by atoms with Crippen molar-refractivity contribution in [2.75, 3.05) is 20.1 Å². The Morgan fingerprint density at radius 2 is 2.10 bits per heavy atom. The zero-order valence-electron chi connectivity index (χ0n) is 10.9. The largest absolute Gasteiger partial charge is 0.573 e. The summed E-state index contributed by atoms with van der Waals surface area (Å²) in [5.74, 6) is -0.943. The molecule has 1 amide bonds. The number of para-hydroxylation sites is 1. The first-order valence-electron chi connectivity index (χ1n) is 6.21. The van der Waals surface area contributed by atoms with Gasteiger partial charge in [-0.1, -0.05) is 12.1 Å². The summed E-state index contributed by atoms with van der Waals surface area (Å²) in [6, 6.07) is 5.37. The van der Waals surface area contributed by atoms with E-state index in [0.717, 1.165) is 19.0 Å². The molecule has 1 fully saturated rings. The molecule has 1 saturated heterocycles. The molecule has 0 unspecified atom stereocenters. The summed E-state index contributed by atoms with van der Waals surface area (Å²) >= 11 is 0. The second kappa shape index (κ2) is 5.70. The van der Waals surface area contributed by atoms with Gasteiger partial charge in [-0.05, 0) is 25.1 Å². The number of amides is 1. The topological polar surface area (TPSA) is 41.6 Å². The summed E-state index contributed by atoms with van der Waals surface area (Å²) in [7, 11) is 1.59. The molecule has 0 radical (unpaired) electrons. The molecule has 0 aliphatic carbocycles. The molecular weight excluding hydrogens is 273 g/mol. The molecule has 1 N–H and O–H groups in total. The van der Waals surface area contributed by atoms with Crippen LogP contribution in [-0.4, -0.2) is 43.3 Å². The van der Waals surface area contributed by atoms with E-state index >= 15 is 0 Å². The van der Waals surface area contributed by atoms with E-state index in [2.05, 4.69) is 10.1 Å². The van der Waals surface area contributed by atoms with Crippen LogP contribution in [0.25, 0.3) is 0 Å². The molecular formula is C13H15F3N2O2. The lowest BCUT2D eigenvalue weighted by atomic mass is 10.1. The van der Waals surface area contributed by atoms with E-state index < -0.39 is 18.0 Å². The van der Waals surface area contributed by atoms with E-state index in [9.17, 15) is 18.0 Å². The first-order chi connectivity index (χ1) is 9.38. The molecule has 1 heterocycles. The summed E-state index contributed by atoms with van der Waals surface area (Å²) in [6.45, 7) is 1.44. The molecule has 1 atom stereocenters. The molecule has 1 aliphatic rings. The average Bonchev–Trinajstić information content (AvgIpc) is 2.89.